The molecule has 1 aliphatic heterocycles. The summed E-state index contributed by atoms with van der Waals surface area (Å²) >= 11 is 0. The third-order valence-corrected chi connectivity index (χ3v) is 5.57. The maximum absolute atomic E-state index is 12.3. The molecule has 1 aromatic carbocycles. The largest absolute Gasteiger partial charge is 0.381 e. The molecule has 5 nitrogen and oxygen atoms in total. The smallest absolute Gasteiger partial charge is 0.309 e. The first kappa shape index (κ1) is 17.9. The molecule has 0 bridgehead atoms. The van der Waals surface area contributed by atoms with Gasteiger partial charge in [0.05, 0.1) is 0 Å². The normalized spacial score (nSPS) is 20.6. The molecule has 1 aromatic rings. The Bertz CT molecular complexity index is 576. The van der Waals surface area contributed by atoms with Gasteiger partial charge >= 0.3 is 11.8 Å². The van der Waals surface area contributed by atoms with Crippen molar-refractivity contribution in [2.45, 2.75) is 56.4 Å². The standard InChI is InChI=1S/C20H28N2O3/c23-18(19(24)22-17-9-5-2-6-10-17)21-15-20(11-13-25-14-12-20)16-7-3-1-4-8-16/h1,3-4,7-8,17H,2,5-6,9-15H2,(H,21,23)(H,22,24). The summed E-state index contributed by atoms with van der Waals surface area (Å²) in [6, 6.07) is 10.4. The van der Waals surface area contributed by atoms with Gasteiger partial charge in [-0.1, -0.05) is 49.6 Å². The lowest BCUT2D eigenvalue weighted by Gasteiger charge is -2.38. The molecule has 0 unspecified atom stereocenters. The molecule has 2 aliphatic rings. The summed E-state index contributed by atoms with van der Waals surface area (Å²) < 4.78 is 5.51. The van der Waals surface area contributed by atoms with Gasteiger partial charge in [-0.25, -0.2) is 0 Å². The van der Waals surface area contributed by atoms with Gasteiger partial charge in [-0.05, 0) is 31.2 Å². The predicted octanol–water partition coefficient (Wildman–Crippen LogP) is 2.30. The number of carbonyl (C=O) groups excluding carboxylic acids is 2. The van der Waals surface area contributed by atoms with Crippen molar-refractivity contribution in [1.82, 2.24) is 10.6 Å². The number of amides is 2. The highest BCUT2D eigenvalue weighted by atomic mass is 16.5. The molecular weight excluding hydrogens is 316 g/mol. The number of benzene rings is 1. The zero-order valence-corrected chi connectivity index (χ0v) is 14.8. The van der Waals surface area contributed by atoms with Gasteiger partial charge in [-0.3, -0.25) is 9.59 Å². The maximum Gasteiger partial charge on any atom is 0.309 e. The molecule has 2 fully saturated rings. The van der Waals surface area contributed by atoms with Gasteiger partial charge in [0.1, 0.15) is 0 Å². The quantitative estimate of drug-likeness (QED) is 0.824. The van der Waals surface area contributed by atoms with Crippen molar-refractivity contribution in [3.63, 3.8) is 0 Å². The molecule has 1 saturated carbocycles. The summed E-state index contributed by atoms with van der Waals surface area (Å²) in [7, 11) is 0. The van der Waals surface area contributed by atoms with E-state index in [-0.39, 0.29) is 11.5 Å². The first-order valence-electron chi connectivity index (χ1n) is 9.42. The second-order valence-corrected chi connectivity index (χ2v) is 7.25. The van der Waals surface area contributed by atoms with Crippen LogP contribution in [0.25, 0.3) is 0 Å². The van der Waals surface area contributed by atoms with Gasteiger partial charge in [-0.15, -0.1) is 0 Å². The summed E-state index contributed by atoms with van der Waals surface area (Å²) in [5.41, 5.74) is 1.05. The van der Waals surface area contributed by atoms with E-state index in [1.54, 1.807) is 0 Å². The molecule has 2 N–H and O–H groups in total. The molecule has 3 rings (SSSR count). The van der Waals surface area contributed by atoms with Crippen LogP contribution in [0.15, 0.2) is 30.3 Å². The SMILES string of the molecule is O=C(NCC1(c2ccccc2)CCOCC1)C(=O)NC1CCCCC1. The van der Waals surface area contributed by atoms with E-state index in [4.69, 9.17) is 4.74 Å². The lowest BCUT2D eigenvalue weighted by atomic mass is 9.74. The van der Waals surface area contributed by atoms with Crippen LogP contribution in [-0.4, -0.2) is 37.6 Å². The van der Waals surface area contributed by atoms with Gasteiger partial charge in [0.15, 0.2) is 0 Å². The number of hydrogen-bond acceptors (Lipinski definition) is 3. The van der Waals surface area contributed by atoms with Crippen LogP contribution >= 0.6 is 0 Å². The second kappa shape index (κ2) is 8.48. The van der Waals surface area contributed by atoms with Crippen LogP contribution < -0.4 is 10.6 Å². The van der Waals surface area contributed by atoms with Gasteiger partial charge in [-0.2, -0.15) is 0 Å². The molecule has 5 heteroatoms. The Morgan fingerprint density at radius 3 is 2.36 bits per heavy atom. The van der Waals surface area contributed by atoms with E-state index in [1.807, 2.05) is 18.2 Å². The van der Waals surface area contributed by atoms with Crippen LogP contribution in [0.3, 0.4) is 0 Å². The van der Waals surface area contributed by atoms with Crippen molar-refractivity contribution in [1.29, 1.82) is 0 Å². The highest BCUT2D eigenvalue weighted by Gasteiger charge is 2.35. The van der Waals surface area contributed by atoms with Crippen molar-refractivity contribution in [3.8, 4) is 0 Å². The Hall–Kier alpha value is -1.88. The molecular formula is C20H28N2O3. The lowest BCUT2D eigenvalue weighted by molar-refractivity contribution is -0.140. The number of rotatable bonds is 4. The fraction of sp³-hybridized carbons (Fsp3) is 0.600. The third kappa shape index (κ3) is 4.60. The second-order valence-electron chi connectivity index (χ2n) is 7.25. The van der Waals surface area contributed by atoms with Crippen molar-refractivity contribution in [2.75, 3.05) is 19.8 Å². The number of hydrogen-bond donors (Lipinski definition) is 2. The summed E-state index contributed by atoms with van der Waals surface area (Å²) in [5.74, 6) is -1.02. The van der Waals surface area contributed by atoms with E-state index in [2.05, 4.69) is 22.8 Å². The molecule has 1 heterocycles. The lowest BCUT2D eigenvalue weighted by Crippen LogP contribution is -2.50. The Labute approximate surface area is 149 Å². The molecule has 1 saturated heterocycles. The monoisotopic (exact) mass is 344 g/mol. The number of nitrogens with one attached hydrogen (secondary N) is 2. The topological polar surface area (TPSA) is 67.4 Å². The fourth-order valence-electron chi connectivity index (χ4n) is 3.95. The average Bonchev–Trinajstić information content (AvgIpc) is 2.68. The average molecular weight is 344 g/mol. The summed E-state index contributed by atoms with van der Waals surface area (Å²) in [6.07, 6.45) is 7.13. The fourth-order valence-corrected chi connectivity index (χ4v) is 3.95. The maximum atomic E-state index is 12.3. The van der Waals surface area contributed by atoms with Crippen LogP contribution in [0, 0.1) is 0 Å². The van der Waals surface area contributed by atoms with Crippen LogP contribution in [0.4, 0.5) is 0 Å². The van der Waals surface area contributed by atoms with Gasteiger partial charge < -0.3 is 15.4 Å². The minimum atomic E-state index is -0.521. The molecule has 25 heavy (non-hydrogen) atoms. The highest BCUT2D eigenvalue weighted by Crippen LogP contribution is 2.34. The molecule has 2 amide bonds. The van der Waals surface area contributed by atoms with E-state index in [0.29, 0.717) is 19.8 Å². The number of ether oxygens (including phenoxy) is 1. The van der Waals surface area contributed by atoms with Crippen LogP contribution in [0.1, 0.15) is 50.5 Å². The van der Waals surface area contributed by atoms with E-state index < -0.39 is 11.8 Å². The van der Waals surface area contributed by atoms with Crippen LogP contribution in [0.2, 0.25) is 0 Å². The summed E-state index contributed by atoms with van der Waals surface area (Å²) in [4.78, 5) is 24.5. The van der Waals surface area contributed by atoms with Crippen molar-refractivity contribution in [3.05, 3.63) is 35.9 Å². The minimum absolute atomic E-state index is 0.151. The van der Waals surface area contributed by atoms with E-state index in [1.165, 1.54) is 12.0 Å². The van der Waals surface area contributed by atoms with Gasteiger partial charge in [0.2, 0.25) is 0 Å². The Kier molecular flexibility index (Phi) is 6.08. The van der Waals surface area contributed by atoms with Crippen molar-refractivity contribution in [2.24, 2.45) is 0 Å². The zero-order chi connectivity index (χ0) is 17.5. The molecule has 136 valence electrons. The first-order valence-corrected chi connectivity index (χ1v) is 9.42. The predicted molar refractivity (Wildman–Crippen MR) is 96.2 cm³/mol. The van der Waals surface area contributed by atoms with E-state index >= 15 is 0 Å². The highest BCUT2D eigenvalue weighted by molar-refractivity contribution is 6.35. The molecule has 0 atom stereocenters. The van der Waals surface area contributed by atoms with Gasteiger partial charge in [0.25, 0.3) is 0 Å². The Morgan fingerprint density at radius 1 is 1.00 bits per heavy atom. The van der Waals surface area contributed by atoms with Crippen molar-refractivity contribution < 1.29 is 14.3 Å². The van der Waals surface area contributed by atoms with E-state index in [9.17, 15) is 9.59 Å². The third-order valence-electron chi connectivity index (χ3n) is 5.57. The van der Waals surface area contributed by atoms with E-state index in [0.717, 1.165) is 38.5 Å². The van der Waals surface area contributed by atoms with Crippen LogP contribution in [-0.2, 0) is 19.7 Å². The summed E-state index contributed by atoms with van der Waals surface area (Å²) in [6.45, 7) is 1.83. The molecule has 0 radical (unpaired) electrons. The first-order chi connectivity index (χ1) is 12.2. The molecule has 1 aliphatic carbocycles. The zero-order valence-electron chi connectivity index (χ0n) is 14.8. The number of carbonyl (C=O) groups is 2. The molecule has 0 aromatic heterocycles. The molecule has 0 spiro atoms. The van der Waals surface area contributed by atoms with Gasteiger partial charge in [0, 0.05) is 31.2 Å². The summed E-state index contributed by atoms with van der Waals surface area (Å²) in [5, 5.41) is 5.76. The Morgan fingerprint density at radius 2 is 1.68 bits per heavy atom. The minimum Gasteiger partial charge on any atom is -0.381 e. The van der Waals surface area contributed by atoms with Crippen molar-refractivity contribution >= 4 is 11.8 Å². The Balaban J connectivity index is 1.59. The van der Waals surface area contributed by atoms with Crippen LogP contribution in [0.5, 0.6) is 0 Å².